The van der Waals surface area contributed by atoms with Crippen LogP contribution in [0.25, 0.3) is 0 Å². The van der Waals surface area contributed by atoms with Gasteiger partial charge in [-0.2, -0.15) is 0 Å². The summed E-state index contributed by atoms with van der Waals surface area (Å²) in [7, 11) is 1.64. The number of amides is 1. The molecule has 2 atom stereocenters. The maximum absolute atomic E-state index is 11.5. The van der Waals surface area contributed by atoms with Gasteiger partial charge < -0.3 is 15.4 Å². The minimum atomic E-state index is -0.0470. The van der Waals surface area contributed by atoms with Gasteiger partial charge in [0.15, 0.2) is 0 Å². The lowest BCUT2D eigenvalue weighted by Gasteiger charge is -2.52. The summed E-state index contributed by atoms with van der Waals surface area (Å²) in [4.78, 5) is 11.5. The average Bonchev–Trinajstić information content (AvgIpc) is 2.50. The van der Waals surface area contributed by atoms with Gasteiger partial charge >= 0.3 is 0 Å². The van der Waals surface area contributed by atoms with E-state index in [1.54, 1.807) is 7.05 Å². The van der Waals surface area contributed by atoms with Crippen LogP contribution in [0.1, 0.15) is 43.1 Å². The van der Waals surface area contributed by atoms with Crippen LogP contribution in [0.3, 0.4) is 0 Å². The quantitative estimate of drug-likeness (QED) is 0.845. The van der Waals surface area contributed by atoms with E-state index in [-0.39, 0.29) is 11.3 Å². The summed E-state index contributed by atoms with van der Waals surface area (Å²) in [5, 5.41) is 6.22. The molecule has 1 saturated carbocycles. The van der Waals surface area contributed by atoms with Crippen LogP contribution >= 0.6 is 0 Å². The van der Waals surface area contributed by atoms with Crippen LogP contribution in [0.5, 0.6) is 0 Å². The Morgan fingerprint density at radius 2 is 2.00 bits per heavy atom. The fourth-order valence-corrected chi connectivity index (χ4v) is 2.88. The van der Waals surface area contributed by atoms with Gasteiger partial charge in [0.25, 0.3) is 5.91 Å². The zero-order chi connectivity index (χ0) is 15.5. The lowest BCUT2D eigenvalue weighted by Crippen LogP contribution is -2.60. The summed E-state index contributed by atoms with van der Waals surface area (Å²) in [6.45, 7) is 8.15. The van der Waals surface area contributed by atoms with Gasteiger partial charge in [-0.25, -0.2) is 0 Å². The molecular formula is C17H26N2O2. The average molecular weight is 290 g/mol. The molecule has 1 aromatic rings. The van der Waals surface area contributed by atoms with Crippen molar-refractivity contribution in [1.82, 2.24) is 10.6 Å². The van der Waals surface area contributed by atoms with Crippen molar-refractivity contribution in [2.45, 2.75) is 45.9 Å². The van der Waals surface area contributed by atoms with Crippen molar-refractivity contribution < 1.29 is 9.53 Å². The number of carbonyl (C=O) groups excluding carboxylic acids is 1. The van der Waals surface area contributed by atoms with Gasteiger partial charge in [0.1, 0.15) is 0 Å². The van der Waals surface area contributed by atoms with Crippen LogP contribution in [0.4, 0.5) is 0 Å². The van der Waals surface area contributed by atoms with Crippen LogP contribution in [-0.2, 0) is 11.3 Å². The minimum absolute atomic E-state index is 0.0470. The predicted molar refractivity (Wildman–Crippen MR) is 84.3 cm³/mol. The van der Waals surface area contributed by atoms with E-state index in [2.05, 4.69) is 24.5 Å². The summed E-state index contributed by atoms with van der Waals surface area (Å²) in [5.41, 5.74) is 2.07. The van der Waals surface area contributed by atoms with Gasteiger partial charge in [-0.1, -0.05) is 26.0 Å². The Hall–Kier alpha value is -1.39. The first-order valence-electron chi connectivity index (χ1n) is 7.65. The van der Waals surface area contributed by atoms with Gasteiger partial charge in [-0.3, -0.25) is 4.79 Å². The molecule has 0 aliphatic heterocycles. The second kappa shape index (κ2) is 6.58. The standard InChI is InChI=1S/C17H26N2O2/c1-5-21-15-10-14(17(15,2)3)19-11-12-6-8-13(9-7-12)16(20)18-4/h6-9,14-15,19H,5,10-11H2,1-4H3,(H,18,20). The van der Waals surface area contributed by atoms with E-state index in [4.69, 9.17) is 4.74 Å². The second-order valence-electron chi connectivity index (χ2n) is 6.21. The Morgan fingerprint density at radius 1 is 1.33 bits per heavy atom. The Kier molecular flexibility index (Phi) is 5.01. The number of hydrogen-bond acceptors (Lipinski definition) is 3. The van der Waals surface area contributed by atoms with Gasteiger partial charge in [0.05, 0.1) is 6.10 Å². The number of carbonyl (C=O) groups is 1. The molecule has 2 rings (SSSR count). The Labute approximate surface area is 127 Å². The smallest absolute Gasteiger partial charge is 0.251 e. The maximum Gasteiger partial charge on any atom is 0.251 e. The van der Waals surface area contributed by atoms with E-state index in [0.717, 1.165) is 19.6 Å². The zero-order valence-electron chi connectivity index (χ0n) is 13.4. The highest BCUT2D eigenvalue weighted by Gasteiger charge is 2.48. The number of ether oxygens (including phenoxy) is 1. The van der Waals surface area contributed by atoms with E-state index in [1.165, 1.54) is 5.56 Å². The number of nitrogens with one attached hydrogen (secondary N) is 2. The summed E-state index contributed by atoms with van der Waals surface area (Å²) in [6.07, 6.45) is 1.42. The van der Waals surface area contributed by atoms with Crippen LogP contribution < -0.4 is 10.6 Å². The van der Waals surface area contributed by atoms with Crippen LogP contribution in [0, 0.1) is 5.41 Å². The van der Waals surface area contributed by atoms with Crippen molar-refractivity contribution in [1.29, 1.82) is 0 Å². The third kappa shape index (κ3) is 3.44. The van der Waals surface area contributed by atoms with Gasteiger partial charge in [-0.05, 0) is 31.0 Å². The van der Waals surface area contributed by atoms with Crippen LogP contribution in [0.2, 0.25) is 0 Å². The van der Waals surface area contributed by atoms with Crippen molar-refractivity contribution in [2.75, 3.05) is 13.7 Å². The molecule has 1 aliphatic rings. The molecule has 4 heteroatoms. The summed E-state index contributed by atoms with van der Waals surface area (Å²) < 4.78 is 5.75. The summed E-state index contributed by atoms with van der Waals surface area (Å²) >= 11 is 0. The third-order valence-electron chi connectivity index (χ3n) is 4.54. The maximum atomic E-state index is 11.5. The highest BCUT2D eigenvalue weighted by Crippen LogP contribution is 2.42. The highest BCUT2D eigenvalue weighted by atomic mass is 16.5. The van der Waals surface area contributed by atoms with E-state index in [9.17, 15) is 4.79 Å². The first kappa shape index (κ1) is 16.0. The second-order valence-corrected chi connectivity index (χ2v) is 6.21. The highest BCUT2D eigenvalue weighted by molar-refractivity contribution is 5.93. The molecule has 1 aromatic carbocycles. The predicted octanol–water partition coefficient (Wildman–Crippen LogP) is 2.34. The molecule has 0 saturated heterocycles. The fraction of sp³-hybridized carbons (Fsp3) is 0.588. The van der Waals surface area contributed by atoms with Gasteiger partial charge in [-0.15, -0.1) is 0 Å². The topological polar surface area (TPSA) is 50.4 Å². The molecule has 4 nitrogen and oxygen atoms in total. The van der Waals surface area contributed by atoms with Gasteiger partial charge in [0, 0.05) is 37.2 Å². The van der Waals surface area contributed by atoms with E-state index in [1.807, 2.05) is 31.2 Å². The SMILES string of the molecule is CCOC1CC(NCc2ccc(C(=O)NC)cc2)C1(C)C. The van der Waals surface area contributed by atoms with E-state index < -0.39 is 0 Å². The summed E-state index contributed by atoms with van der Waals surface area (Å²) in [5.74, 6) is -0.0470. The first-order valence-corrected chi connectivity index (χ1v) is 7.65. The Morgan fingerprint density at radius 3 is 2.52 bits per heavy atom. The molecule has 1 aliphatic carbocycles. The monoisotopic (exact) mass is 290 g/mol. The molecule has 21 heavy (non-hydrogen) atoms. The minimum Gasteiger partial charge on any atom is -0.378 e. The zero-order valence-corrected chi connectivity index (χ0v) is 13.4. The molecule has 0 spiro atoms. The number of benzene rings is 1. The molecule has 1 amide bonds. The third-order valence-corrected chi connectivity index (χ3v) is 4.54. The lowest BCUT2D eigenvalue weighted by molar-refractivity contribution is -0.114. The number of hydrogen-bond donors (Lipinski definition) is 2. The van der Waals surface area contributed by atoms with Crippen molar-refractivity contribution in [2.24, 2.45) is 5.41 Å². The van der Waals surface area contributed by atoms with Crippen molar-refractivity contribution >= 4 is 5.91 Å². The van der Waals surface area contributed by atoms with Gasteiger partial charge in [0.2, 0.25) is 0 Å². The van der Waals surface area contributed by atoms with Crippen molar-refractivity contribution in [3.63, 3.8) is 0 Å². The van der Waals surface area contributed by atoms with Crippen LogP contribution in [-0.4, -0.2) is 31.7 Å². The van der Waals surface area contributed by atoms with E-state index >= 15 is 0 Å². The van der Waals surface area contributed by atoms with Crippen molar-refractivity contribution in [3.05, 3.63) is 35.4 Å². The molecular weight excluding hydrogens is 264 g/mol. The molecule has 1 fully saturated rings. The molecule has 116 valence electrons. The summed E-state index contributed by atoms with van der Waals surface area (Å²) in [6, 6.07) is 8.22. The molecule has 0 radical (unpaired) electrons. The molecule has 2 unspecified atom stereocenters. The Balaban J connectivity index is 1.85. The molecule has 2 N–H and O–H groups in total. The Bertz CT molecular complexity index is 482. The number of rotatable bonds is 6. The molecule has 0 bridgehead atoms. The van der Waals surface area contributed by atoms with Crippen molar-refractivity contribution in [3.8, 4) is 0 Å². The molecule has 0 aromatic heterocycles. The largest absolute Gasteiger partial charge is 0.378 e. The molecule has 0 heterocycles. The fourth-order valence-electron chi connectivity index (χ4n) is 2.88. The normalized spacial score (nSPS) is 23.4. The first-order chi connectivity index (χ1) is 9.98. The van der Waals surface area contributed by atoms with Crippen LogP contribution in [0.15, 0.2) is 24.3 Å². The van der Waals surface area contributed by atoms with E-state index in [0.29, 0.717) is 17.7 Å². The lowest BCUT2D eigenvalue weighted by atomic mass is 9.64.